The smallest absolute Gasteiger partial charge is 0.244 e. The molecule has 0 aliphatic carbocycles. The van der Waals surface area contributed by atoms with Crippen molar-refractivity contribution in [3.05, 3.63) is 30.3 Å². The summed E-state index contributed by atoms with van der Waals surface area (Å²) in [5, 5.41) is 16.5. The molecule has 0 radical (unpaired) electrons. The summed E-state index contributed by atoms with van der Waals surface area (Å²) < 4.78 is 4.76. The Morgan fingerprint density at radius 2 is 1.92 bits per heavy atom. The van der Waals surface area contributed by atoms with Crippen LogP contribution >= 0.6 is 11.8 Å². The minimum atomic E-state index is -0.704. The van der Waals surface area contributed by atoms with Gasteiger partial charge >= 0.3 is 0 Å². The molecule has 208 valence electrons. The minimum absolute atomic E-state index is 0.00358. The number of morpholine rings is 1. The predicted octanol–water partition coefficient (Wildman–Crippen LogP) is 1.57. The zero-order valence-electron chi connectivity index (χ0n) is 22.3. The van der Waals surface area contributed by atoms with Crippen LogP contribution in [0.4, 0.5) is 5.69 Å². The van der Waals surface area contributed by atoms with Gasteiger partial charge in [-0.3, -0.25) is 19.3 Å². The van der Waals surface area contributed by atoms with E-state index in [4.69, 9.17) is 4.74 Å². The summed E-state index contributed by atoms with van der Waals surface area (Å²) in [5.41, 5.74) is 0.701. The van der Waals surface area contributed by atoms with Crippen molar-refractivity contribution in [3.8, 4) is 0 Å². The number of benzene rings is 1. The molecule has 4 aliphatic heterocycles. The molecule has 1 spiro atoms. The van der Waals surface area contributed by atoms with Crippen molar-refractivity contribution in [2.45, 2.75) is 55.2 Å². The lowest BCUT2D eigenvalue weighted by Gasteiger charge is -2.37. The summed E-state index contributed by atoms with van der Waals surface area (Å²) in [6.07, 6.45) is 2.10. The second kappa shape index (κ2) is 11.5. The highest BCUT2D eigenvalue weighted by molar-refractivity contribution is 8.02. The van der Waals surface area contributed by atoms with E-state index in [0.717, 1.165) is 26.1 Å². The van der Waals surface area contributed by atoms with Crippen LogP contribution in [0.2, 0.25) is 0 Å². The first-order valence-corrected chi connectivity index (χ1v) is 14.8. The van der Waals surface area contributed by atoms with E-state index < -0.39 is 28.7 Å². The lowest BCUT2D eigenvalue weighted by Crippen LogP contribution is -2.57. The van der Waals surface area contributed by atoms with Gasteiger partial charge in [0, 0.05) is 37.1 Å². The van der Waals surface area contributed by atoms with E-state index in [2.05, 4.69) is 29.4 Å². The van der Waals surface area contributed by atoms with Gasteiger partial charge in [0.15, 0.2) is 0 Å². The third-order valence-electron chi connectivity index (χ3n) is 8.51. The maximum absolute atomic E-state index is 14.2. The molecule has 0 aromatic heterocycles. The minimum Gasteiger partial charge on any atom is -0.394 e. The van der Waals surface area contributed by atoms with Crippen molar-refractivity contribution in [1.29, 1.82) is 0 Å². The van der Waals surface area contributed by atoms with Gasteiger partial charge in [-0.15, -0.1) is 11.8 Å². The van der Waals surface area contributed by atoms with E-state index >= 15 is 0 Å². The number of nitrogens with zero attached hydrogens (tertiary/aromatic N) is 2. The molecule has 10 heteroatoms. The summed E-state index contributed by atoms with van der Waals surface area (Å²) in [6, 6.07) is 8.13. The fourth-order valence-electron chi connectivity index (χ4n) is 6.91. The normalized spacial score (nSPS) is 31.5. The summed E-state index contributed by atoms with van der Waals surface area (Å²) in [6.45, 7) is 8.17. The Morgan fingerprint density at radius 1 is 1.18 bits per heavy atom. The van der Waals surface area contributed by atoms with Gasteiger partial charge in [-0.05, 0) is 37.3 Å². The Kier molecular flexibility index (Phi) is 8.33. The van der Waals surface area contributed by atoms with E-state index in [-0.39, 0.29) is 35.5 Å². The zero-order valence-corrected chi connectivity index (χ0v) is 23.1. The van der Waals surface area contributed by atoms with Gasteiger partial charge in [-0.1, -0.05) is 32.0 Å². The number of aliphatic hydroxyl groups is 1. The number of para-hydroxylation sites is 1. The zero-order chi connectivity index (χ0) is 26.9. The van der Waals surface area contributed by atoms with Gasteiger partial charge in [0.25, 0.3) is 0 Å². The third kappa shape index (κ3) is 5.08. The van der Waals surface area contributed by atoms with Crippen LogP contribution < -0.4 is 10.6 Å². The van der Waals surface area contributed by atoms with Crippen molar-refractivity contribution >= 4 is 35.2 Å². The van der Waals surface area contributed by atoms with E-state index in [1.54, 1.807) is 16.7 Å². The molecule has 4 aliphatic rings. The molecule has 5 rings (SSSR count). The van der Waals surface area contributed by atoms with E-state index in [1.165, 1.54) is 0 Å². The molecule has 1 aromatic rings. The molecule has 4 fully saturated rings. The highest BCUT2D eigenvalue weighted by atomic mass is 32.2. The SMILES string of the molecule is CC(C)C[C@H](CO)N1C(=O)[C@@H]2[C@@H](C(=O)Nc3ccccc3)[C@H]3CCC2(S3)C1C(=O)NCCN1CCOCC1. The van der Waals surface area contributed by atoms with E-state index in [1.807, 2.05) is 30.3 Å². The van der Waals surface area contributed by atoms with Gasteiger partial charge in [0.2, 0.25) is 17.7 Å². The van der Waals surface area contributed by atoms with Crippen LogP contribution in [0.15, 0.2) is 30.3 Å². The Labute approximate surface area is 229 Å². The van der Waals surface area contributed by atoms with Crippen molar-refractivity contribution in [1.82, 2.24) is 15.1 Å². The molecule has 2 bridgehead atoms. The molecule has 2 unspecified atom stereocenters. The predicted molar refractivity (Wildman–Crippen MR) is 147 cm³/mol. The van der Waals surface area contributed by atoms with Crippen LogP contribution in [0.5, 0.6) is 0 Å². The van der Waals surface area contributed by atoms with Crippen molar-refractivity contribution < 1.29 is 24.2 Å². The van der Waals surface area contributed by atoms with Gasteiger partial charge in [-0.25, -0.2) is 0 Å². The number of hydrogen-bond donors (Lipinski definition) is 3. The average Bonchev–Trinajstić information content (AvgIpc) is 3.55. The molecule has 4 saturated heterocycles. The molecule has 0 saturated carbocycles. The molecular formula is C28H40N4O5S. The first-order chi connectivity index (χ1) is 18.4. The molecule has 6 atom stereocenters. The first-order valence-electron chi connectivity index (χ1n) is 13.9. The highest BCUT2D eigenvalue weighted by Crippen LogP contribution is 2.66. The number of hydrogen-bond acceptors (Lipinski definition) is 7. The number of fused-ring (bicyclic) bond motifs is 1. The second-order valence-corrected chi connectivity index (χ2v) is 13.0. The lowest BCUT2D eigenvalue weighted by molar-refractivity contribution is -0.142. The van der Waals surface area contributed by atoms with Crippen LogP contribution in [0, 0.1) is 17.8 Å². The van der Waals surface area contributed by atoms with Crippen molar-refractivity contribution in [2.24, 2.45) is 17.8 Å². The maximum Gasteiger partial charge on any atom is 0.244 e. The number of carbonyl (C=O) groups excluding carboxylic acids is 3. The maximum atomic E-state index is 14.2. The molecule has 4 heterocycles. The van der Waals surface area contributed by atoms with Crippen molar-refractivity contribution in [3.63, 3.8) is 0 Å². The van der Waals surface area contributed by atoms with Crippen LogP contribution in [-0.4, -0.2) is 101 Å². The molecular weight excluding hydrogens is 504 g/mol. The number of anilines is 1. The van der Waals surface area contributed by atoms with E-state index in [0.29, 0.717) is 38.3 Å². The number of carbonyl (C=O) groups is 3. The Balaban J connectivity index is 1.40. The number of likely N-dealkylation sites (tertiary alicyclic amines) is 1. The Morgan fingerprint density at radius 3 is 2.61 bits per heavy atom. The molecule has 38 heavy (non-hydrogen) atoms. The summed E-state index contributed by atoms with van der Waals surface area (Å²) >= 11 is 1.66. The average molecular weight is 545 g/mol. The van der Waals surface area contributed by atoms with Crippen LogP contribution in [-0.2, 0) is 19.1 Å². The number of amides is 3. The monoisotopic (exact) mass is 544 g/mol. The Bertz CT molecular complexity index is 1020. The van der Waals surface area contributed by atoms with Gasteiger partial charge in [0.1, 0.15) is 6.04 Å². The van der Waals surface area contributed by atoms with Crippen LogP contribution in [0.25, 0.3) is 0 Å². The number of thioether (sulfide) groups is 1. The first kappa shape index (κ1) is 27.4. The largest absolute Gasteiger partial charge is 0.394 e. The van der Waals surface area contributed by atoms with Crippen molar-refractivity contribution in [2.75, 3.05) is 51.3 Å². The lowest BCUT2D eigenvalue weighted by atomic mass is 9.70. The molecule has 3 N–H and O–H groups in total. The summed E-state index contributed by atoms with van der Waals surface area (Å²) in [7, 11) is 0. The number of aliphatic hydroxyl groups excluding tert-OH is 1. The molecule has 3 amide bonds. The highest BCUT2D eigenvalue weighted by Gasteiger charge is 2.74. The van der Waals surface area contributed by atoms with Gasteiger partial charge in [0.05, 0.1) is 42.4 Å². The third-order valence-corrected chi connectivity index (χ3v) is 10.5. The van der Waals surface area contributed by atoms with Gasteiger partial charge < -0.3 is 25.4 Å². The molecule has 1 aromatic carbocycles. The van der Waals surface area contributed by atoms with Crippen LogP contribution in [0.1, 0.15) is 33.1 Å². The fourth-order valence-corrected chi connectivity index (χ4v) is 9.12. The second-order valence-electron chi connectivity index (χ2n) is 11.4. The standard InChI is InChI=1S/C28H40N4O5S/c1-18(2)16-20(17-33)32-24(26(35)29-10-11-31-12-14-37-15-13-31)28-9-8-21(38-28)22(23(28)27(32)36)25(34)30-19-6-4-3-5-7-19/h3-7,18,20-24,33H,8-17H2,1-2H3,(H,29,35)(H,30,34)/t20-,21-,22+,23+,24?,28?/m1/s1. The number of nitrogens with one attached hydrogen (secondary N) is 2. The van der Waals surface area contributed by atoms with Crippen LogP contribution in [0.3, 0.4) is 0 Å². The summed E-state index contributed by atoms with van der Waals surface area (Å²) in [4.78, 5) is 45.6. The molecule has 9 nitrogen and oxygen atoms in total. The number of rotatable bonds is 10. The quantitative estimate of drug-likeness (QED) is 0.410. The topological polar surface area (TPSA) is 111 Å². The number of ether oxygens (including phenoxy) is 1. The Hall–Kier alpha value is -2.14. The summed E-state index contributed by atoms with van der Waals surface area (Å²) in [5.74, 6) is -1.34. The van der Waals surface area contributed by atoms with Gasteiger partial charge in [-0.2, -0.15) is 0 Å². The van der Waals surface area contributed by atoms with E-state index in [9.17, 15) is 19.5 Å². The fraction of sp³-hybridized carbons (Fsp3) is 0.679.